The molecule has 0 bridgehead atoms. The van der Waals surface area contributed by atoms with Crippen LogP contribution >= 0.6 is 0 Å². The molecule has 6 rings (SSSR count). The molecule has 9 heteroatoms. The van der Waals surface area contributed by atoms with Gasteiger partial charge in [-0.1, -0.05) is 31.4 Å². The second-order valence-electron chi connectivity index (χ2n) is 12.0. The third-order valence-corrected chi connectivity index (χ3v) is 9.01. The summed E-state index contributed by atoms with van der Waals surface area (Å²) in [6, 6.07) is 8.10. The van der Waals surface area contributed by atoms with Crippen LogP contribution in [0.2, 0.25) is 0 Å². The molecule has 4 heterocycles. The molecular formula is C31H43N7O2. The number of piperidine rings is 1. The van der Waals surface area contributed by atoms with Gasteiger partial charge in [-0.05, 0) is 49.3 Å². The van der Waals surface area contributed by atoms with Crippen LogP contribution in [-0.2, 0) is 24.4 Å². The molecule has 9 nitrogen and oxygen atoms in total. The van der Waals surface area contributed by atoms with Crippen molar-refractivity contribution in [3.63, 3.8) is 0 Å². The van der Waals surface area contributed by atoms with Crippen LogP contribution in [0.5, 0.6) is 0 Å². The Hall–Kier alpha value is -3.01. The Morgan fingerprint density at radius 2 is 1.60 bits per heavy atom. The summed E-state index contributed by atoms with van der Waals surface area (Å²) in [5.41, 5.74) is 1.72. The molecule has 2 N–H and O–H groups in total. The van der Waals surface area contributed by atoms with Crippen LogP contribution in [0.3, 0.4) is 0 Å². The Morgan fingerprint density at radius 3 is 2.23 bits per heavy atom. The average Bonchev–Trinajstić information content (AvgIpc) is 3.70. The van der Waals surface area contributed by atoms with Gasteiger partial charge >= 0.3 is 0 Å². The number of nitrogens with zero attached hydrogens (tertiary/aromatic N) is 5. The number of hydrogen-bond acceptors (Lipinski definition) is 6. The molecule has 0 radical (unpaired) electrons. The molecule has 1 spiro atoms. The van der Waals surface area contributed by atoms with E-state index in [0.29, 0.717) is 32.8 Å². The van der Waals surface area contributed by atoms with E-state index in [1.54, 1.807) is 12.4 Å². The number of rotatable bonds is 9. The number of carbonyl (C=O) groups is 1. The van der Waals surface area contributed by atoms with E-state index in [9.17, 15) is 4.79 Å². The lowest BCUT2D eigenvalue weighted by molar-refractivity contribution is -0.128. The fourth-order valence-electron chi connectivity index (χ4n) is 6.75. The molecule has 214 valence electrons. The van der Waals surface area contributed by atoms with Crippen LogP contribution in [0, 0.1) is 5.92 Å². The van der Waals surface area contributed by atoms with E-state index in [1.165, 1.54) is 38.6 Å². The van der Waals surface area contributed by atoms with E-state index in [2.05, 4.69) is 41.9 Å². The van der Waals surface area contributed by atoms with Crippen molar-refractivity contribution in [2.75, 3.05) is 39.3 Å². The standard InChI is InChI=1S/C31H43N7O2/c39-30(38-18-19-40-31(24-38)10-16-36(17-11-31)20-25-4-2-1-3-5-25)27-8-6-26(7-9-27)21-37(22-28-32-12-13-33-28)23-29-34-14-15-35-29/h6-9,12-15,25H,1-5,10-11,16-24H2,(H,32,33)(H,34,35). The van der Waals surface area contributed by atoms with Crippen molar-refractivity contribution < 1.29 is 9.53 Å². The maximum Gasteiger partial charge on any atom is 0.254 e. The SMILES string of the molecule is O=C(c1ccc(CN(Cc2ncc[nH]2)Cc2ncc[nH]2)cc1)N1CCOC2(CCN(CC3CCCCC3)CC2)C1. The van der Waals surface area contributed by atoms with Crippen LogP contribution in [0.25, 0.3) is 0 Å². The Kier molecular flexibility index (Phi) is 8.60. The van der Waals surface area contributed by atoms with E-state index in [-0.39, 0.29) is 11.5 Å². The number of likely N-dealkylation sites (tertiary alicyclic amines) is 1. The van der Waals surface area contributed by atoms with Gasteiger partial charge in [0.25, 0.3) is 5.91 Å². The van der Waals surface area contributed by atoms with E-state index >= 15 is 0 Å². The van der Waals surface area contributed by atoms with E-state index < -0.39 is 0 Å². The first kappa shape index (κ1) is 27.2. The topological polar surface area (TPSA) is 93.4 Å². The van der Waals surface area contributed by atoms with Gasteiger partial charge in [0.2, 0.25) is 0 Å². The molecule has 3 aromatic rings. The average molecular weight is 546 g/mol. The fraction of sp³-hybridized carbons (Fsp3) is 0.581. The second kappa shape index (κ2) is 12.7. The molecule has 0 unspecified atom stereocenters. The quantitative estimate of drug-likeness (QED) is 0.418. The minimum atomic E-state index is -0.185. The van der Waals surface area contributed by atoms with Gasteiger partial charge in [-0.3, -0.25) is 9.69 Å². The van der Waals surface area contributed by atoms with Crippen molar-refractivity contribution in [1.82, 2.24) is 34.6 Å². The highest BCUT2D eigenvalue weighted by Gasteiger charge is 2.41. The van der Waals surface area contributed by atoms with Crippen molar-refractivity contribution in [2.45, 2.75) is 70.2 Å². The molecule has 3 fully saturated rings. The first-order valence-electron chi connectivity index (χ1n) is 15.1. The smallest absolute Gasteiger partial charge is 0.254 e. The summed E-state index contributed by atoms with van der Waals surface area (Å²) < 4.78 is 6.37. The third-order valence-electron chi connectivity index (χ3n) is 9.01. The highest BCUT2D eigenvalue weighted by atomic mass is 16.5. The van der Waals surface area contributed by atoms with Gasteiger partial charge in [-0.2, -0.15) is 0 Å². The predicted octanol–water partition coefficient (Wildman–Crippen LogP) is 4.22. The number of benzene rings is 1. The van der Waals surface area contributed by atoms with Gasteiger partial charge < -0.3 is 24.5 Å². The normalized spacial score (nSPS) is 20.4. The Balaban J connectivity index is 1.04. The van der Waals surface area contributed by atoms with E-state index in [4.69, 9.17) is 4.74 Å². The maximum absolute atomic E-state index is 13.5. The third kappa shape index (κ3) is 6.82. The van der Waals surface area contributed by atoms with Crippen LogP contribution in [0.4, 0.5) is 0 Å². The zero-order chi connectivity index (χ0) is 27.2. The lowest BCUT2D eigenvalue weighted by Crippen LogP contribution is -2.58. The Labute approximate surface area is 237 Å². The number of aromatic nitrogens is 4. The summed E-state index contributed by atoms with van der Waals surface area (Å²) in [4.78, 5) is 35.6. The molecule has 0 atom stereocenters. The number of nitrogens with one attached hydrogen (secondary N) is 2. The van der Waals surface area contributed by atoms with Crippen molar-refractivity contribution in [3.8, 4) is 0 Å². The Morgan fingerprint density at radius 1 is 0.925 bits per heavy atom. The molecule has 40 heavy (non-hydrogen) atoms. The van der Waals surface area contributed by atoms with Gasteiger partial charge in [-0.15, -0.1) is 0 Å². The first-order valence-corrected chi connectivity index (χ1v) is 15.1. The Bertz CT molecular complexity index is 1140. The highest BCUT2D eigenvalue weighted by molar-refractivity contribution is 5.94. The molecule has 3 aliphatic rings. The van der Waals surface area contributed by atoms with Gasteiger partial charge in [0.1, 0.15) is 11.6 Å². The molecule has 1 aromatic carbocycles. The van der Waals surface area contributed by atoms with Gasteiger partial charge in [0, 0.05) is 63.1 Å². The molecule has 1 saturated carbocycles. The van der Waals surface area contributed by atoms with Crippen molar-refractivity contribution in [2.24, 2.45) is 5.92 Å². The number of amides is 1. The van der Waals surface area contributed by atoms with E-state index in [0.717, 1.165) is 61.2 Å². The highest BCUT2D eigenvalue weighted by Crippen LogP contribution is 2.32. The van der Waals surface area contributed by atoms with E-state index in [1.807, 2.05) is 29.4 Å². The molecule has 2 saturated heterocycles. The minimum Gasteiger partial charge on any atom is -0.371 e. The number of ether oxygens (including phenoxy) is 1. The van der Waals surface area contributed by atoms with Crippen molar-refractivity contribution >= 4 is 5.91 Å². The summed E-state index contributed by atoms with van der Waals surface area (Å²) in [6.45, 7) is 7.49. The fourth-order valence-corrected chi connectivity index (χ4v) is 6.75. The van der Waals surface area contributed by atoms with Gasteiger partial charge in [-0.25, -0.2) is 9.97 Å². The molecule has 2 aromatic heterocycles. The summed E-state index contributed by atoms with van der Waals surface area (Å²) in [5, 5.41) is 0. The largest absolute Gasteiger partial charge is 0.371 e. The number of morpholine rings is 1. The maximum atomic E-state index is 13.5. The second-order valence-corrected chi connectivity index (χ2v) is 12.0. The summed E-state index contributed by atoms with van der Waals surface area (Å²) in [5.74, 6) is 2.82. The van der Waals surface area contributed by atoms with Crippen LogP contribution in [0.15, 0.2) is 49.1 Å². The van der Waals surface area contributed by atoms with Crippen molar-refractivity contribution in [3.05, 3.63) is 71.8 Å². The lowest BCUT2D eigenvalue weighted by Gasteiger charge is -2.47. The molecular weight excluding hydrogens is 502 g/mol. The van der Waals surface area contributed by atoms with Crippen LogP contribution in [-0.4, -0.2) is 85.5 Å². The zero-order valence-electron chi connectivity index (χ0n) is 23.6. The molecule has 1 aliphatic carbocycles. The summed E-state index contributed by atoms with van der Waals surface area (Å²) >= 11 is 0. The minimum absolute atomic E-state index is 0.113. The number of imidazole rings is 2. The summed E-state index contributed by atoms with van der Waals surface area (Å²) in [6.07, 6.45) is 16.3. The molecule has 1 amide bonds. The number of aromatic amines is 2. The zero-order valence-corrected chi connectivity index (χ0v) is 23.6. The van der Waals surface area contributed by atoms with Crippen LogP contribution in [0.1, 0.15) is 72.5 Å². The molecule has 2 aliphatic heterocycles. The number of H-pyrrole nitrogens is 2. The first-order chi connectivity index (χ1) is 19.6. The predicted molar refractivity (Wildman–Crippen MR) is 153 cm³/mol. The monoisotopic (exact) mass is 545 g/mol. The van der Waals surface area contributed by atoms with Gasteiger partial charge in [0.05, 0.1) is 31.8 Å². The number of carbonyl (C=O) groups excluding carboxylic acids is 1. The lowest BCUT2D eigenvalue weighted by atomic mass is 9.86. The van der Waals surface area contributed by atoms with Crippen LogP contribution < -0.4 is 0 Å². The van der Waals surface area contributed by atoms with Crippen molar-refractivity contribution in [1.29, 1.82) is 0 Å². The van der Waals surface area contributed by atoms with Gasteiger partial charge in [0.15, 0.2) is 0 Å². The number of hydrogen-bond donors (Lipinski definition) is 2. The summed E-state index contributed by atoms with van der Waals surface area (Å²) in [7, 11) is 0.